The summed E-state index contributed by atoms with van der Waals surface area (Å²) in [5, 5.41) is 9.88. The molecule has 0 heterocycles. The molecule has 17 heavy (non-hydrogen) atoms. The Morgan fingerprint density at radius 2 is 2.12 bits per heavy atom. The molecule has 2 saturated carbocycles. The lowest BCUT2D eigenvalue weighted by Gasteiger charge is -2.24. The van der Waals surface area contributed by atoms with Crippen LogP contribution in [0.4, 0.5) is 0 Å². The fourth-order valence-corrected chi connectivity index (χ4v) is 2.19. The molecular weight excluding hydrogens is 218 g/mol. The summed E-state index contributed by atoms with van der Waals surface area (Å²) in [4.78, 5) is 13.6. The maximum absolute atomic E-state index is 11.3. The minimum atomic E-state index is -0.576. The van der Waals surface area contributed by atoms with Crippen LogP contribution >= 0.6 is 0 Å². The van der Waals surface area contributed by atoms with Crippen molar-refractivity contribution >= 4 is 5.97 Å². The summed E-state index contributed by atoms with van der Waals surface area (Å²) < 4.78 is 4.85. The van der Waals surface area contributed by atoms with Gasteiger partial charge in [-0.1, -0.05) is 0 Å². The van der Waals surface area contributed by atoms with E-state index in [1.807, 2.05) is 0 Å². The minimum absolute atomic E-state index is 0.127. The van der Waals surface area contributed by atoms with E-state index in [0.29, 0.717) is 19.2 Å². The van der Waals surface area contributed by atoms with Crippen molar-refractivity contribution in [3.05, 3.63) is 0 Å². The quantitative estimate of drug-likeness (QED) is 0.648. The van der Waals surface area contributed by atoms with Crippen LogP contribution in [0, 0.1) is 5.92 Å². The SMILES string of the molecule is CCOC(=O)CC(O)CN(CC1CC1)C1CC1. The summed E-state index contributed by atoms with van der Waals surface area (Å²) in [6.07, 6.45) is 4.71. The van der Waals surface area contributed by atoms with Gasteiger partial charge < -0.3 is 9.84 Å². The fourth-order valence-electron chi connectivity index (χ4n) is 2.19. The van der Waals surface area contributed by atoms with Gasteiger partial charge in [0, 0.05) is 19.1 Å². The van der Waals surface area contributed by atoms with Crippen LogP contribution in [0.2, 0.25) is 0 Å². The molecule has 98 valence electrons. The van der Waals surface area contributed by atoms with Crippen LogP contribution in [0.5, 0.6) is 0 Å². The minimum Gasteiger partial charge on any atom is -0.466 e. The molecule has 2 fully saturated rings. The molecule has 0 aromatic heterocycles. The van der Waals surface area contributed by atoms with Gasteiger partial charge in [-0.2, -0.15) is 0 Å². The second-order valence-electron chi connectivity index (χ2n) is 5.29. The molecule has 1 N–H and O–H groups in total. The molecule has 4 nitrogen and oxygen atoms in total. The zero-order chi connectivity index (χ0) is 12.3. The van der Waals surface area contributed by atoms with Crippen molar-refractivity contribution in [2.75, 3.05) is 19.7 Å². The van der Waals surface area contributed by atoms with Crippen LogP contribution in [-0.4, -0.2) is 47.8 Å². The lowest BCUT2D eigenvalue weighted by atomic mass is 10.2. The highest BCUT2D eigenvalue weighted by molar-refractivity contribution is 5.69. The third kappa shape index (κ3) is 4.64. The van der Waals surface area contributed by atoms with Gasteiger partial charge in [0.25, 0.3) is 0 Å². The molecule has 2 rings (SSSR count). The highest BCUT2D eigenvalue weighted by Crippen LogP contribution is 2.34. The van der Waals surface area contributed by atoms with E-state index in [9.17, 15) is 9.90 Å². The highest BCUT2D eigenvalue weighted by atomic mass is 16.5. The predicted molar refractivity (Wildman–Crippen MR) is 64.6 cm³/mol. The van der Waals surface area contributed by atoms with E-state index in [1.165, 1.54) is 25.7 Å². The zero-order valence-electron chi connectivity index (χ0n) is 10.6. The monoisotopic (exact) mass is 241 g/mol. The number of aliphatic hydroxyl groups excluding tert-OH is 1. The lowest BCUT2D eigenvalue weighted by Crippen LogP contribution is -2.37. The van der Waals surface area contributed by atoms with Gasteiger partial charge in [0.05, 0.1) is 19.1 Å². The summed E-state index contributed by atoms with van der Waals surface area (Å²) in [6, 6.07) is 0.660. The summed E-state index contributed by atoms with van der Waals surface area (Å²) >= 11 is 0. The number of esters is 1. The van der Waals surface area contributed by atoms with Crippen LogP contribution in [0.25, 0.3) is 0 Å². The molecule has 0 bridgehead atoms. The van der Waals surface area contributed by atoms with Crippen molar-refractivity contribution in [3.8, 4) is 0 Å². The topological polar surface area (TPSA) is 49.8 Å². The summed E-state index contributed by atoms with van der Waals surface area (Å²) in [5.41, 5.74) is 0. The first-order valence-corrected chi connectivity index (χ1v) is 6.76. The maximum atomic E-state index is 11.3. The van der Waals surface area contributed by atoms with Crippen molar-refractivity contribution in [2.24, 2.45) is 5.92 Å². The second kappa shape index (κ2) is 5.83. The standard InChI is InChI=1S/C13H23NO3/c1-2-17-13(16)7-12(15)9-14(11-5-6-11)8-10-3-4-10/h10-12,15H,2-9H2,1H3. The van der Waals surface area contributed by atoms with Gasteiger partial charge in [-0.15, -0.1) is 0 Å². The Kier molecular flexibility index (Phi) is 4.40. The van der Waals surface area contributed by atoms with Crippen molar-refractivity contribution in [1.29, 1.82) is 0 Å². The number of nitrogens with zero attached hydrogens (tertiary/aromatic N) is 1. The van der Waals surface area contributed by atoms with Gasteiger partial charge >= 0.3 is 5.97 Å². The molecule has 2 aliphatic carbocycles. The first-order valence-electron chi connectivity index (χ1n) is 6.76. The van der Waals surface area contributed by atoms with Gasteiger partial charge in [0.2, 0.25) is 0 Å². The van der Waals surface area contributed by atoms with Crippen LogP contribution in [-0.2, 0) is 9.53 Å². The molecule has 0 saturated heterocycles. The number of carbonyl (C=O) groups excluding carboxylic acids is 1. The smallest absolute Gasteiger partial charge is 0.308 e. The molecule has 0 radical (unpaired) electrons. The third-order valence-corrected chi connectivity index (χ3v) is 3.41. The summed E-state index contributed by atoms with van der Waals surface area (Å²) in [6.45, 7) is 3.90. The zero-order valence-corrected chi connectivity index (χ0v) is 10.6. The Morgan fingerprint density at radius 3 is 2.65 bits per heavy atom. The molecule has 0 aromatic carbocycles. The van der Waals surface area contributed by atoms with E-state index in [0.717, 1.165) is 12.5 Å². The molecular formula is C13H23NO3. The normalized spacial score (nSPS) is 21.6. The van der Waals surface area contributed by atoms with Crippen LogP contribution < -0.4 is 0 Å². The first-order chi connectivity index (χ1) is 8.19. The number of ether oxygens (including phenoxy) is 1. The number of hydrogen-bond donors (Lipinski definition) is 1. The van der Waals surface area contributed by atoms with E-state index in [2.05, 4.69) is 4.90 Å². The van der Waals surface area contributed by atoms with Gasteiger partial charge in [-0.05, 0) is 38.5 Å². The van der Waals surface area contributed by atoms with Crippen molar-refractivity contribution in [3.63, 3.8) is 0 Å². The molecule has 0 spiro atoms. The molecule has 0 amide bonds. The van der Waals surface area contributed by atoms with E-state index >= 15 is 0 Å². The third-order valence-electron chi connectivity index (χ3n) is 3.41. The Balaban J connectivity index is 1.70. The average molecular weight is 241 g/mol. The summed E-state index contributed by atoms with van der Waals surface area (Å²) in [7, 11) is 0. The summed E-state index contributed by atoms with van der Waals surface area (Å²) in [5.74, 6) is 0.549. The number of rotatable bonds is 8. The molecule has 0 aliphatic heterocycles. The largest absolute Gasteiger partial charge is 0.466 e. The second-order valence-corrected chi connectivity index (χ2v) is 5.29. The van der Waals surface area contributed by atoms with E-state index in [4.69, 9.17) is 4.74 Å². The van der Waals surface area contributed by atoms with Crippen molar-refractivity contribution in [2.45, 2.75) is 51.2 Å². The average Bonchev–Trinajstić information content (AvgIpc) is 3.12. The fraction of sp³-hybridized carbons (Fsp3) is 0.923. The Bertz CT molecular complexity index is 261. The predicted octanol–water partition coefficient (Wildman–Crippen LogP) is 1.17. The van der Waals surface area contributed by atoms with Gasteiger partial charge in [-0.25, -0.2) is 0 Å². The van der Waals surface area contributed by atoms with Crippen molar-refractivity contribution in [1.82, 2.24) is 4.90 Å². The molecule has 1 atom stereocenters. The van der Waals surface area contributed by atoms with E-state index in [-0.39, 0.29) is 12.4 Å². The van der Waals surface area contributed by atoms with Crippen molar-refractivity contribution < 1.29 is 14.6 Å². The van der Waals surface area contributed by atoms with Gasteiger partial charge in [0.1, 0.15) is 0 Å². The van der Waals surface area contributed by atoms with Crippen LogP contribution in [0.15, 0.2) is 0 Å². The number of hydrogen-bond acceptors (Lipinski definition) is 4. The molecule has 4 heteroatoms. The van der Waals surface area contributed by atoms with Gasteiger partial charge in [0.15, 0.2) is 0 Å². The first kappa shape index (κ1) is 12.8. The van der Waals surface area contributed by atoms with E-state index in [1.54, 1.807) is 6.92 Å². The van der Waals surface area contributed by atoms with Crippen LogP contribution in [0.1, 0.15) is 39.0 Å². The van der Waals surface area contributed by atoms with E-state index < -0.39 is 6.10 Å². The highest BCUT2D eigenvalue weighted by Gasteiger charge is 2.34. The lowest BCUT2D eigenvalue weighted by molar-refractivity contribution is -0.145. The Labute approximate surface area is 103 Å². The molecule has 0 aromatic rings. The Morgan fingerprint density at radius 1 is 1.41 bits per heavy atom. The number of aliphatic hydroxyl groups is 1. The molecule has 1 unspecified atom stereocenters. The maximum Gasteiger partial charge on any atom is 0.308 e. The Hall–Kier alpha value is -0.610. The van der Waals surface area contributed by atoms with Crippen LogP contribution in [0.3, 0.4) is 0 Å². The number of carbonyl (C=O) groups is 1. The molecule has 2 aliphatic rings. The van der Waals surface area contributed by atoms with Gasteiger partial charge in [-0.3, -0.25) is 9.69 Å².